The van der Waals surface area contributed by atoms with Gasteiger partial charge in [-0.05, 0) is 44.5 Å². The normalized spacial score (nSPS) is 19.2. The molecule has 1 fully saturated rings. The number of halogens is 3. The highest BCUT2D eigenvalue weighted by Gasteiger charge is 2.38. The molecule has 8 heteroatoms. The fraction of sp³-hybridized carbons (Fsp3) is 0.500. The highest BCUT2D eigenvalue weighted by molar-refractivity contribution is 5.55. The zero-order valence-electron chi connectivity index (χ0n) is 13.4. The van der Waals surface area contributed by atoms with Crippen molar-refractivity contribution >= 4 is 0 Å². The van der Waals surface area contributed by atoms with Crippen molar-refractivity contribution < 1.29 is 22.4 Å². The van der Waals surface area contributed by atoms with Crippen LogP contribution in [0.4, 0.5) is 13.2 Å². The first-order valence-electron chi connectivity index (χ1n) is 7.75. The third-order valence-corrected chi connectivity index (χ3v) is 3.99. The second kappa shape index (κ2) is 6.43. The predicted octanol–water partition coefficient (Wildman–Crippen LogP) is 3.62. The third kappa shape index (κ3) is 3.69. The number of ether oxygens (including phenoxy) is 1. The number of hydrogen-bond donors (Lipinski definition) is 0. The summed E-state index contributed by atoms with van der Waals surface area (Å²) >= 11 is 0. The molecule has 1 aromatic heterocycles. The molecule has 1 aliphatic rings. The largest absolute Gasteiger partial charge is 0.489 e. The number of likely N-dealkylation sites (tertiary alicyclic amines) is 1. The first kappa shape index (κ1) is 16.8. The van der Waals surface area contributed by atoms with E-state index in [4.69, 9.17) is 4.74 Å². The Morgan fingerprint density at radius 1 is 1.25 bits per heavy atom. The highest BCUT2D eigenvalue weighted by atomic mass is 19.4. The zero-order chi connectivity index (χ0) is 17.3. The Labute approximate surface area is 137 Å². The molecule has 0 N–H and O–H groups in total. The van der Waals surface area contributed by atoms with Crippen LogP contribution in [0.15, 0.2) is 28.8 Å². The van der Waals surface area contributed by atoms with Gasteiger partial charge in [-0.25, -0.2) is 0 Å². The van der Waals surface area contributed by atoms with E-state index in [2.05, 4.69) is 33.4 Å². The summed E-state index contributed by atoms with van der Waals surface area (Å²) < 4.78 is 47.6. The third-order valence-electron chi connectivity index (χ3n) is 3.99. The summed E-state index contributed by atoms with van der Waals surface area (Å²) in [5.74, 6) is -0.771. The summed E-state index contributed by atoms with van der Waals surface area (Å²) in [7, 11) is 0. The monoisotopic (exact) mass is 341 g/mol. The van der Waals surface area contributed by atoms with E-state index in [1.807, 2.05) is 0 Å². The van der Waals surface area contributed by atoms with Crippen LogP contribution in [0.1, 0.15) is 26.2 Å². The Kier molecular flexibility index (Phi) is 4.49. The minimum absolute atomic E-state index is 0.0966. The second-order valence-corrected chi connectivity index (χ2v) is 6.06. The Balaban J connectivity index is 1.65. The van der Waals surface area contributed by atoms with Crippen LogP contribution in [0.5, 0.6) is 5.75 Å². The molecule has 2 heterocycles. The second-order valence-electron chi connectivity index (χ2n) is 6.06. The van der Waals surface area contributed by atoms with Gasteiger partial charge in [-0.1, -0.05) is 5.16 Å². The Hall–Kier alpha value is -2.09. The maximum atomic E-state index is 12.5. The molecule has 0 aliphatic carbocycles. The van der Waals surface area contributed by atoms with Crippen LogP contribution >= 0.6 is 0 Å². The average Bonchev–Trinajstić information content (AvgIpc) is 3.16. The molecule has 24 heavy (non-hydrogen) atoms. The van der Waals surface area contributed by atoms with Crippen molar-refractivity contribution in [3.63, 3.8) is 0 Å². The van der Waals surface area contributed by atoms with Crippen LogP contribution in [0.2, 0.25) is 0 Å². The first-order valence-corrected chi connectivity index (χ1v) is 7.75. The van der Waals surface area contributed by atoms with E-state index in [9.17, 15) is 13.2 Å². The maximum absolute atomic E-state index is 12.5. The standard InChI is InChI=1S/C16H18F3N3O2/c1-10(2)22-8-7-13(9-22)23-12-5-3-11(4-6-12)14-20-15(24-21-14)16(17,18)19/h3-6,10,13H,7-9H2,1-2H3. The maximum Gasteiger partial charge on any atom is 0.471 e. The molecule has 1 saturated heterocycles. The molecule has 0 amide bonds. The van der Waals surface area contributed by atoms with E-state index in [0.717, 1.165) is 19.5 Å². The molecule has 0 spiro atoms. The number of rotatable bonds is 4. The fourth-order valence-corrected chi connectivity index (χ4v) is 2.65. The highest BCUT2D eigenvalue weighted by Crippen LogP contribution is 2.30. The van der Waals surface area contributed by atoms with Gasteiger partial charge in [0.25, 0.3) is 0 Å². The molecule has 0 saturated carbocycles. The Morgan fingerprint density at radius 2 is 1.96 bits per heavy atom. The Bertz CT molecular complexity index is 683. The van der Waals surface area contributed by atoms with Gasteiger partial charge in [-0.15, -0.1) is 0 Å². The minimum Gasteiger partial charge on any atom is -0.489 e. The van der Waals surface area contributed by atoms with Crippen LogP contribution < -0.4 is 4.74 Å². The molecule has 130 valence electrons. The SMILES string of the molecule is CC(C)N1CCC(Oc2ccc(-c3noc(C(F)(F)F)n3)cc2)C1. The quantitative estimate of drug-likeness (QED) is 0.850. The summed E-state index contributed by atoms with van der Waals surface area (Å²) in [5.41, 5.74) is 0.442. The van der Waals surface area contributed by atoms with Gasteiger partial charge >= 0.3 is 12.1 Å². The van der Waals surface area contributed by atoms with Gasteiger partial charge in [-0.3, -0.25) is 4.90 Å². The van der Waals surface area contributed by atoms with Crippen molar-refractivity contribution in [2.75, 3.05) is 13.1 Å². The number of nitrogens with zero attached hydrogens (tertiary/aromatic N) is 3. The lowest BCUT2D eigenvalue weighted by Gasteiger charge is -2.20. The van der Waals surface area contributed by atoms with E-state index in [1.54, 1.807) is 24.3 Å². The molecule has 3 rings (SSSR count). The smallest absolute Gasteiger partial charge is 0.471 e. The zero-order valence-corrected chi connectivity index (χ0v) is 13.4. The lowest BCUT2D eigenvalue weighted by molar-refractivity contribution is -0.159. The molecular weight excluding hydrogens is 323 g/mol. The molecule has 1 aliphatic heterocycles. The lowest BCUT2D eigenvalue weighted by Crippen LogP contribution is -2.30. The summed E-state index contributed by atoms with van der Waals surface area (Å²) in [5, 5.41) is 3.36. The van der Waals surface area contributed by atoms with Crippen molar-refractivity contribution in [1.82, 2.24) is 15.0 Å². The fourth-order valence-electron chi connectivity index (χ4n) is 2.65. The van der Waals surface area contributed by atoms with E-state index in [0.29, 0.717) is 17.4 Å². The summed E-state index contributed by atoms with van der Waals surface area (Å²) in [6, 6.07) is 7.14. The van der Waals surface area contributed by atoms with Gasteiger partial charge in [0.05, 0.1) is 0 Å². The van der Waals surface area contributed by atoms with Crippen molar-refractivity contribution in [1.29, 1.82) is 0 Å². The van der Waals surface area contributed by atoms with Gasteiger partial charge in [-0.2, -0.15) is 18.2 Å². The van der Waals surface area contributed by atoms with Crippen molar-refractivity contribution in [3.8, 4) is 17.1 Å². The van der Waals surface area contributed by atoms with Crippen LogP contribution in [-0.4, -0.2) is 40.3 Å². The van der Waals surface area contributed by atoms with Gasteiger partial charge in [0.1, 0.15) is 11.9 Å². The average molecular weight is 341 g/mol. The predicted molar refractivity (Wildman–Crippen MR) is 80.5 cm³/mol. The van der Waals surface area contributed by atoms with Crippen molar-refractivity contribution in [2.45, 2.75) is 38.6 Å². The number of aromatic nitrogens is 2. The molecule has 0 bridgehead atoms. The van der Waals surface area contributed by atoms with Crippen molar-refractivity contribution in [3.05, 3.63) is 30.2 Å². The van der Waals surface area contributed by atoms with E-state index < -0.39 is 12.1 Å². The van der Waals surface area contributed by atoms with E-state index >= 15 is 0 Å². The number of hydrogen-bond acceptors (Lipinski definition) is 5. The summed E-state index contributed by atoms with van der Waals surface area (Å²) in [6.07, 6.45) is -3.56. The van der Waals surface area contributed by atoms with E-state index in [1.165, 1.54) is 0 Å². The number of benzene rings is 1. The molecule has 2 aromatic rings. The molecule has 1 aromatic carbocycles. The summed E-state index contributed by atoms with van der Waals surface area (Å²) in [4.78, 5) is 5.71. The topological polar surface area (TPSA) is 51.4 Å². The first-order chi connectivity index (χ1) is 11.3. The summed E-state index contributed by atoms with van der Waals surface area (Å²) in [6.45, 7) is 6.18. The Morgan fingerprint density at radius 3 is 2.50 bits per heavy atom. The van der Waals surface area contributed by atoms with Gasteiger partial charge in [0, 0.05) is 24.7 Å². The van der Waals surface area contributed by atoms with E-state index in [-0.39, 0.29) is 11.9 Å². The molecule has 5 nitrogen and oxygen atoms in total. The molecule has 1 unspecified atom stereocenters. The van der Waals surface area contributed by atoms with Crippen LogP contribution in [0.3, 0.4) is 0 Å². The van der Waals surface area contributed by atoms with Crippen LogP contribution in [0.25, 0.3) is 11.4 Å². The van der Waals surface area contributed by atoms with Gasteiger partial charge in [0.2, 0.25) is 5.82 Å². The van der Waals surface area contributed by atoms with Gasteiger partial charge in [0.15, 0.2) is 0 Å². The van der Waals surface area contributed by atoms with Gasteiger partial charge < -0.3 is 9.26 Å². The molecule has 0 radical (unpaired) electrons. The lowest BCUT2D eigenvalue weighted by atomic mass is 10.2. The van der Waals surface area contributed by atoms with Crippen LogP contribution in [0, 0.1) is 0 Å². The minimum atomic E-state index is -4.64. The number of alkyl halides is 3. The molecule has 1 atom stereocenters. The van der Waals surface area contributed by atoms with Crippen molar-refractivity contribution in [2.24, 2.45) is 0 Å². The van der Waals surface area contributed by atoms with Crippen LogP contribution in [-0.2, 0) is 6.18 Å². The molecular formula is C16H18F3N3O2.